The number of fused-ring (bicyclic) bond motifs is 1. The normalized spacial score (nSPS) is 22.0. The summed E-state index contributed by atoms with van der Waals surface area (Å²) in [4.78, 5) is 27.6. The number of nitrogens with one attached hydrogen (secondary N) is 1. The largest absolute Gasteiger partial charge is 0.445 e. The lowest BCUT2D eigenvalue weighted by Crippen LogP contribution is -2.49. The van der Waals surface area contributed by atoms with Gasteiger partial charge in [-0.05, 0) is 30.7 Å². The molecule has 1 fully saturated rings. The van der Waals surface area contributed by atoms with Gasteiger partial charge < -0.3 is 19.7 Å². The molecule has 0 aromatic heterocycles. The van der Waals surface area contributed by atoms with Crippen LogP contribution in [0.15, 0.2) is 48.5 Å². The van der Waals surface area contributed by atoms with Crippen LogP contribution in [0.1, 0.15) is 22.8 Å². The van der Waals surface area contributed by atoms with E-state index in [1.54, 1.807) is 19.1 Å². The van der Waals surface area contributed by atoms with Crippen molar-refractivity contribution in [2.75, 3.05) is 36.5 Å². The van der Waals surface area contributed by atoms with Crippen LogP contribution in [0.5, 0.6) is 0 Å². The highest BCUT2D eigenvalue weighted by Gasteiger charge is 2.42. The fourth-order valence-electron chi connectivity index (χ4n) is 3.57. The van der Waals surface area contributed by atoms with E-state index in [2.05, 4.69) is 10.2 Å². The van der Waals surface area contributed by atoms with Crippen molar-refractivity contribution in [3.63, 3.8) is 0 Å². The molecule has 1 saturated heterocycles. The average Bonchev–Trinajstić information content (AvgIpc) is 2.69. The summed E-state index contributed by atoms with van der Waals surface area (Å²) < 4.78 is 10.9. The minimum absolute atomic E-state index is 0.328. The van der Waals surface area contributed by atoms with Crippen molar-refractivity contribution in [2.24, 2.45) is 0 Å². The number of hydrogen-bond donors (Lipinski definition) is 1. The number of anilines is 2. The number of nitrogens with zero attached hydrogens (tertiary/aromatic N) is 1. The van der Waals surface area contributed by atoms with E-state index in [1.165, 1.54) is 0 Å². The third-order valence-corrected chi connectivity index (χ3v) is 5.07. The molecular formula is C21H22N2O4. The van der Waals surface area contributed by atoms with Crippen molar-refractivity contribution in [1.82, 2.24) is 0 Å². The van der Waals surface area contributed by atoms with E-state index in [9.17, 15) is 9.59 Å². The van der Waals surface area contributed by atoms with Crippen LogP contribution in [-0.2, 0) is 20.7 Å². The number of carbonyl (C=O) groups is 2. The second kappa shape index (κ2) is 7.04. The Morgan fingerprint density at radius 2 is 1.78 bits per heavy atom. The van der Waals surface area contributed by atoms with Crippen molar-refractivity contribution >= 4 is 23.3 Å². The van der Waals surface area contributed by atoms with Crippen LogP contribution < -0.4 is 10.2 Å². The number of amides is 1. The van der Waals surface area contributed by atoms with Crippen LogP contribution in [0, 0.1) is 0 Å². The van der Waals surface area contributed by atoms with Gasteiger partial charge in [-0.2, -0.15) is 0 Å². The topological polar surface area (TPSA) is 67.9 Å². The number of benzene rings is 2. The molecule has 2 aliphatic heterocycles. The van der Waals surface area contributed by atoms with Crippen LogP contribution in [0.3, 0.4) is 0 Å². The van der Waals surface area contributed by atoms with Gasteiger partial charge in [0.15, 0.2) is 5.60 Å². The summed E-state index contributed by atoms with van der Waals surface area (Å²) in [7, 11) is 0. The van der Waals surface area contributed by atoms with Crippen LogP contribution >= 0.6 is 0 Å². The molecule has 6 heteroatoms. The van der Waals surface area contributed by atoms with Crippen molar-refractivity contribution in [3.05, 3.63) is 59.7 Å². The number of para-hydroxylation sites is 2. The van der Waals surface area contributed by atoms with E-state index >= 15 is 0 Å². The first-order valence-corrected chi connectivity index (χ1v) is 9.11. The van der Waals surface area contributed by atoms with Crippen molar-refractivity contribution in [2.45, 2.75) is 18.9 Å². The summed E-state index contributed by atoms with van der Waals surface area (Å²) in [6.07, 6.45) is 0.348. The van der Waals surface area contributed by atoms with Gasteiger partial charge >= 0.3 is 5.97 Å². The van der Waals surface area contributed by atoms with E-state index in [0.29, 0.717) is 30.9 Å². The van der Waals surface area contributed by atoms with Gasteiger partial charge in [0.2, 0.25) is 0 Å². The van der Waals surface area contributed by atoms with E-state index < -0.39 is 11.6 Å². The maximum absolute atomic E-state index is 13.0. The van der Waals surface area contributed by atoms with Crippen LogP contribution in [-0.4, -0.2) is 43.8 Å². The fourth-order valence-corrected chi connectivity index (χ4v) is 3.57. The zero-order valence-corrected chi connectivity index (χ0v) is 15.2. The number of esters is 1. The molecule has 1 N–H and O–H groups in total. The number of cyclic esters (lactones) is 1. The summed E-state index contributed by atoms with van der Waals surface area (Å²) in [5.74, 6) is -0.790. The standard InChI is InChI=1S/C21H22N2O4/c1-21(14-15-6-2-3-7-16(15)19(24)27-21)20(25)22-17-8-4-5-9-18(17)23-10-12-26-13-11-23/h2-9H,10-14H2,1H3,(H,22,25). The van der Waals surface area contributed by atoms with E-state index in [0.717, 1.165) is 24.3 Å². The van der Waals surface area contributed by atoms with Gasteiger partial charge in [0.05, 0.1) is 30.2 Å². The lowest BCUT2D eigenvalue weighted by molar-refractivity contribution is -0.134. The summed E-state index contributed by atoms with van der Waals surface area (Å²) in [6, 6.07) is 14.9. The van der Waals surface area contributed by atoms with Crippen LogP contribution in [0.2, 0.25) is 0 Å². The first kappa shape index (κ1) is 17.5. The Morgan fingerprint density at radius 3 is 2.59 bits per heavy atom. The van der Waals surface area contributed by atoms with Crippen LogP contribution in [0.4, 0.5) is 11.4 Å². The maximum Gasteiger partial charge on any atom is 0.339 e. The monoisotopic (exact) mass is 366 g/mol. The number of morpholine rings is 1. The van der Waals surface area contributed by atoms with Gasteiger partial charge in [-0.25, -0.2) is 4.79 Å². The molecular weight excluding hydrogens is 344 g/mol. The molecule has 2 aromatic carbocycles. The Morgan fingerprint density at radius 1 is 1.07 bits per heavy atom. The van der Waals surface area contributed by atoms with Gasteiger partial charge in [-0.1, -0.05) is 30.3 Å². The first-order chi connectivity index (χ1) is 13.1. The van der Waals surface area contributed by atoms with Gasteiger partial charge in [0, 0.05) is 19.5 Å². The minimum Gasteiger partial charge on any atom is -0.445 e. The zero-order valence-electron chi connectivity index (χ0n) is 15.2. The highest BCUT2D eigenvalue weighted by Crippen LogP contribution is 2.31. The second-order valence-electron chi connectivity index (χ2n) is 7.02. The summed E-state index contributed by atoms with van der Waals surface area (Å²) >= 11 is 0. The first-order valence-electron chi connectivity index (χ1n) is 9.11. The molecule has 2 heterocycles. The summed E-state index contributed by atoms with van der Waals surface area (Å²) in [5.41, 5.74) is 1.76. The van der Waals surface area contributed by atoms with E-state index in [4.69, 9.17) is 9.47 Å². The molecule has 0 radical (unpaired) electrons. The molecule has 1 unspecified atom stereocenters. The van der Waals surface area contributed by atoms with Gasteiger partial charge in [-0.3, -0.25) is 4.79 Å². The van der Waals surface area contributed by atoms with Crippen molar-refractivity contribution in [1.29, 1.82) is 0 Å². The average molecular weight is 366 g/mol. The molecule has 0 saturated carbocycles. The Bertz CT molecular complexity index is 876. The fraction of sp³-hybridized carbons (Fsp3) is 0.333. The Labute approximate surface area is 158 Å². The molecule has 2 aliphatic rings. The SMILES string of the molecule is CC1(C(=O)Nc2ccccc2N2CCOCC2)Cc2ccccc2C(=O)O1. The van der Waals surface area contributed by atoms with E-state index in [1.807, 2.05) is 36.4 Å². The number of hydrogen-bond acceptors (Lipinski definition) is 5. The molecule has 2 aromatic rings. The third kappa shape index (κ3) is 3.40. The van der Waals surface area contributed by atoms with Gasteiger partial charge in [0.25, 0.3) is 5.91 Å². The minimum atomic E-state index is -1.25. The number of carbonyl (C=O) groups excluding carboxylic acids is 2. The molecule has 0 spiro atoms. The zero-order chi connectivity index (χ0) is 18.9. The second-order valence-corrected chi connectivity index (χ2v) is 7.02. The number of ether oxygens (including phenoxy) is 2. The molecule has 27 heavy (non-hydrogen) atoms. The quantitative estimate of drug-likeness (QED) is 0.846. The summed E-state index contributed by atoms with van der Waals surface area (Å²) in [6.45, 7) is 4.52. The third-order valence-electron chi connectivity index (χ3n) is 5.07. The molecule has 6 nitrogen and oxygen atoms in total. The molecule has 0 bridgehead atoms. The smallest absolute Gasteiger partial charge is 0.339 e. The predicted molar refractivity (Wildman–Crippen MR) is 102 cm³/mol. The van der Waals surface area contributed by atoms with Crippen molar-refractivity contribution in [3.8, 4) is 0 Å². The molecule has 1 amide bonds. The Hall–Kier alpha value is -2.86. The van der Waals surface area contributed by atoms with Crippen LogP contribution in [0.25, 0.3) is 0 Å². The molecule has 4 rings (SSSR count). The maximum atomic E-state index is 13.0. The predicted octanol–water partition coefficient (Wildman–Crippen LogP) is 2.63. The highest BCUT2D eigenvalue weighted by molar-refractivity contribution is 6.03. The Kier molecular flexibility index (Phi) is 4.58. The lowest BCUT2D eigenvalue weighted by Gasteiger charge is -2.34. The van der Waals surface area contributed by atoms with Gasteiger partial charge in [-0.15, -0.1) is 0 Å². The lowest BCUT2D eigenvalue weighted by atomic mass is 9.89. The van der Waals surface area contributed by atoms with E-state index in [-0.39, 0.29) is 5.91 Å². The molecule has 1 atom stereocenters. The van der Waals surface area contributed by atoms with Gasteiger partial charge in [0.1, 0.15) is 0 Å². The Balaban J connectivity index is 1.57. The molecule has 140 valence electrons. The highest BCUT2D eigenvalue weighted by atomic mass is 16.6. The summed E-state index contributed by atoms with van der Waals surface area (Å²) in [5, 5.41) is 2.97. The van der Waals surface area contributed by atoms with Crippen molar-refractivity contribution < 1.29 is 19.1 Å². The number of rotatable bonds is 3. The molecule has 0 aliphatic carbocycles.